The molecule has 9 heteroatoms. The lowest BCUT2D eigenvalue weighted by atomic mass is 10.0. The van der Waals surface area contributed by atoms with E-state index in [1.807, 2.05) is 23.1 Å². The average Bonchev–Trinajstić information content (AvgIpc) is 3.45. The molecule has 0 N–H and O–H groups in total. The van der Waals surface area contributed by atoms with Crippen LogP contribution in [0.5, 0.6) is 11.5 Å². The zero-order valence-electron chi connectivity index (χ0n) is 17.0. The maximum absolute atomic E-state index is 12.9. The molecule has 1 atom stereocenters. The number of rotatable bonds is 7. The molecule has 4 rings (SSSR count). The molecule has 0 spiro atoms. The molecule has 30 heavy (non-hydrogen) atoms. The maximum atomic E-state index is 12.9. The monoisotopic (exact) mass is 450 g/mol. The Bertz CT molecular complexity index is 991. The third-order valence-electron chi connectivity index (χ3n) is 5.55. The van der Waals surface area contributed by atoms with Crippen LogP contribution in [0.25, 0.3) is 0 Å². The highest BCUT2D eigenvalue weighted by atomic mass is 32.2. The summed E-state index contributed by atoms with van der Waals surface area (Å²) in [6.45, 7) is 2.12. The Morgan fingerprint density at radius 1 is 1.23 bits per heavy atom. The molecular formula is C21H26N2O5S2. The highest BCUT2D eigenvalue weighted by Gasteiger charge is 2.31. The molecule has 1 fully saturated rings. The van der Waals surface area contributed by atoms with Crippen molar-refractivity contribution in [3.8, 4) is 11.5 Å². The van der Waals surface area contributed by atoms with E-state index in [1.54, 1.807) is 24.6 Å². The molecule has 0 bridgehead atoms. The first kappa shape index (κ1) is 21.1. The Balaban J connectivity index is 1.35. The molecule has 0 aliphatic carbocycles. The highest BCUT2D eigenvalue weighted by Crippen LogP contribution is 2.38. The van der Waals surface area contributed by atoms with Crippen LogP contribution in [0.4, 0.5) is 0 Å². The van der Waals surface area contributed by atoms with Crippen molar-refractivity contribution in [2.45, 2.75) is 35.9 Å². The molecule has 7 nitrogen and oxygen atoms in total. The normalized spacial score (nSPS) is 18.7. The fraction of sp³-hybridized carbons (Fsp3) is 0.476. The van der Waals surface area contributed by atoms with Crippen molar-refractivity contribution in [1.29, 1.82) is 0 Å². The van der Waals surface area contributed by atoms with Crippen molar-refractivity contribution in [1.82, 2.24) is 9.21 Å². The molecule has 1 amide bonds. The van der Waals surface area contributed by atoms with Crippen molar-refractivity contribution >= 4 is 27.3 Å². The Morgan fingerprint density at radius 3 is 2.80 bits per heavy atom. The molecule has 3 heterocycles. The van der Waals surface area contributed by atoms with Gasteiger partial charge in [0, 0.05) is 26.6 Å². The van der Waals surface area contributed by atoms with Crippen LogP contribution in [0, 0.1) is 0 Å². The zero-order valence-corrected chi connectivity index (χ0v) is 18.6. The number of sulfonamides is 1. The van der Waals surface area contributed by atoms with E-state index in [9.17, 15) is 13.2 Å². The van der Waals surface area contributed by atoms with Crippen LogP contribution in [0.15, 0.2) is 39.9 Å². The molecule has 2 aliphatic heterocycles. The van der Waals surface area contributed by atoms with E-state index >= 15 is 0 Å². The van der Waals surface area contributed by atoms with E-state index in [4.69, 9.17) is 9.47 Å². The second kappa shape index (κ2) is 8.95. The van der Waals surface area contributed by atoms with E-state index < -0.39 is 10.0 Å². The lowest BCUT2D eigenvalue weighted by molar-refractivity contribution is -0.132. The van der Waals surface area contributed by atoms with Crippen molar-refractivity contribution < 1.29 is 22.7 Å². The van der Waals surface area contributed by atoms with Gasteiger partial charge in [0.05, 0.1) is 6.04 Å². The summed E-state index contributed by atoms with van der Waals surface area (Å²) in [5, 5.41) is 1.75. The zero-order chi connectivity index (χ0) is 21.1. The van der Waals surface area contributed by atoms with Crippen LogP contribution in [0.1, 0.15) is 37.3 Å². The SMILES string of the molecule is CN(CCCC(=O)N1CCCC1c1ccc2c(c1)OCCO2)S(=O)(=O)c1cccs1. The van der Waals surface area contributed by atoms with Gasteiger partial charge in [-0.25, -0.2) is 12.7 Å². The molecular weight excluding hydrogens is 424 g/mol. The lowest BCUT2D eigenvalue weighted by Crippen LogP contribution is -2.32. The standard InChI is InChI=1S/C21H26N2O5S2/c1-22(30(25,26)21-7-4-14-29-21)10-3-6-20(24)23-11-2-5-17(23)16-8-9-18-19(15-16)28-13-12-27-18/h4,7-9,14-15,17H,2-3,5-6,10-13H2,1H3. The van der Waals surface area contributed by atoms with Gasteiger partial charge in [0.2, 0.25) is 5.91 Å². The summed E-state index contributed by atoms with van der Waals surface area (Å²) in [5.74, 6) is 1.55. The first-order valence-electron chi connectivity index (χ1n) is 10.2. The third-order valence-corrected chi connectivity index (χ3v) is 8.78. The number of benzene rings is 1. The smallest absolute Gasteiger partial charge is 0.252 e. The number of nitrogens with zero attached hydrogens (tertiary/aromatic N) is 2. The quantitative estimate of drug-likeness (QED) is 0.647. The van der Waals surface area contributed by atoms with Crippen molar-refractivity contribution in [3.63, 3.8) is 0 Å². The first-order chi connectivity index (χ1) is 14.5. The van der Waals surface area contributed by atoms with Crippen molar-refractivity contribution in [2.75, 3.05) is 33.4 Å². The summed E-state index contributed by atoms with van der Waals surface area (Å²) in [6.07, 6.45) is 2.69. The van der Waals surface area contributed by atoms with Crippen LogP contribution in [0.2, 0.25) is 0 Å². The van der Waals surface area contributed by atoms with Crippen molar-refractivity contribution in [2.24, 2.45) is 0 Å². The first-order valence-corrected chi connectivity index (χ1v) is 12.5. The van der Waals surface area contributed by atoms with E-state index in [0.717, 1.165) is 36.4 Å². The van der Waals surface area contributed by atoms with E-state index in [0.29, 0.717) is 36.8 Å². The van der Waals surface area contributed by atoms with E-state index in [-0.39, 0.29) is 11.9 Å². The number of hydrogen-bond acceptors (Lipinski definition) is 6. The molecule has 1 saturated heterocycles. The summed E-state index contributed by atoms with van der Waals surface area (Å²) in [7, 11) is -1.91. The highest BCUT2D eigenvalue weighted by molar-refractivity contribution is 7.91. The van der Waals surface area contributed by atoms with Crippen LogP contribution in [-0.2, 0) is 14.8 Å². The number of carbonyl (C=O) groups is 1. The summed E-state index contributed by atoms with van der Waals surface area (Å²) in [6, 6.07) is 9.25. The van der Waals surface area contributed by atoms with Gasteiger partial charge in [0.1, 0.15) is 17.4 Å². The van der Waals surface area contributed by atoms with Gasteiger partial charge in [-0.3, -0.25) is 4.79 Å². The molecule has 1 unspecified atom stereocenters. The summed E-state index contributed by atoms with van der Waals surface area (Å²) in [4.78, 5) is 14.8. The van der Waals surface area contributed by atoms with Crippen LogP contribution >= 0.6 is 11.3 Å². The van der Waals surface area contributed by atoms with Gasteiger partial charge < -0.3 is 14.4 Å². The molecule has 0 saturated carbocycles. The van der Waals surface area contributed by atoms with Crippen LogP contribution < -0.4 is 9.47 Å². The lowest BCUT2D eigenvalue weighted by Gasteiger charge is -2.27. The minimum Gasteiger partial charge on any atom is -0.486 e. The van der Waals surface area contributed by atoms with Gasteiger partial charge in [-0.05, 0) is 48.4 Å². The second-order valence-electron chi connectivity index (χ2n) is 7.51. The number of fused-ring (bicyclic) bond motifs is 1. The van der Waals surface area contributed by atoms with Crippen LogP contribution in [0.3, 0.4) is 0 Å². The maximum Gasteiger partial charge on any atom is 0.252 e. The number of hydrogen-bond donors (Lipinski definition) is 0. The van der Waals surface area contributed by atoms with E-state index in [2.05, 4.69) is 0 Å². The fourth-order valence-electron chi connectivity index (χ4n) is 3.96. The largest absolute Gasteiger partial charge is 0.486 e. The average molecular weight is 451 g/mol. The number of carbonyl (C=O) groups excluding carboxylic acids is 1. The Labute approximate surface area is 181 Å². The molecule has 1 aromatic heterocycles. The molecule has 2 aromatic rings. The molecule has 162 valence electrons. The number of likely N-dealkylation sites (tertiary alicyclic amines) is 1. The van der Waals surface area contributed by atoms with Gasteiger partial charge in [0.15, 0.2) is 11.5 Å². The van der Waals surface area contributed by atoms with Crippen LogP contribution in [-0.4, -0.2) is 56.9 Å². The number of ether oxygens (including phenoxy) is 2. The van der Waals surface area contributed by atoms with Gasteiger partial charge in [-0.2, -0.15) is 0 Å². The minimum atomic E-state index is -3.47. The topological polar surface area (TPSA) is 76.2 Å². The van der Waals surface area contributed by atoms with Gasteiger partial charge in [-0.15, -0.1) is 11.3 Å². The van der Waals surface area contributed by atoms with Gasteiger partial charge in [-0.1, -0.05) is 12.1 Å². The fourth-order valence-corrected chi connectivity index (χ4v) is 6.37. The summed E-state index contributed by atoms with van der Waals surface area (Å²) >= 11 is 1.20. The third kappa shape index (κ3) is 4.33. The van der Waals surface area contributed by atoms with Crippen molar-refractivity contribution in [3.05, 3.63) is 41.3 Å². The Hall–Kier alpha value is -2.10. The predicted octanol–water partition coefficient (Wildman–Crippen LogP) is 3.28. The summed E-state index contributed by atoms with van der Waals surface area (Å²) in [5.41, 5.74) is 1.06. The number of amides is 1. The van der Waals surface area contributed by atoms with E-state index in [1.165, 1.54) is 15.6 Å². The molecule has 2 aliphatic rings. The second-order valence-corrected chi connectivity index (χ2v) is 10.7. The molecule has 1 aromatic carbocycles. The minimum absolute atomic E-state index is 0.0286. The predicted molar refractivity (Wildman–Crippen MR) is 114 cm³/mol. The Morgan fingerprint density at radius 2 is 2.03 bits per heavy atom. The summed E-state index contributed by atoms with van der Waals surface area (Å²) < 4.78 is 37.9. The molecule has 0 radical (unpaired) electrons. The van der Waals surface area contributed by atoms with Gasteiger partial charge in [0.25, 0.3) is 10.0 Å². The number of thiophene rings is 1. The van der Waals surface area contributed by atoms with Gasteiger partial charge >= 0.3 is 0 Å². The Kier molecular flexibility index (Phi) is 6.31.